The van der Waals surface area contributed by atoms with Crippen molar-refractivity contribution in [2.45, 2.75) is 12.8 Å². The van der Waals surface area contributed by atoms with Crippen molar-refractivity contribution in [3.05, 3.63) is 71.6 Å². The second-order valence-corrected chi connectivity index (χ2v) is 7.33. The fraction of sp³-hybridized carbons (Fsp3) is 0.261. The third kappa shape index (κ3) is 5.96. The molecule has 1 aliphatic heterocycles. The molecule has 6 nitrogen and oxygen atoms in total. The topological polar surface area (TPSA) is 78.5 Å². The number of hydrogen-bond donors (Lipinski definition) is 2. The van der Waals surface area contributed by atoms with E-state index in [2.05, 4.69) is 10.6 Å². The minimum atomic E-state index is -1.69. The lowest BCUT2D eigenvalue weighted by molar-refractivity contribution is -0.132. The molecular weight excluding hydrogens is 423 g/mol. The molecule has 1 fully saturated rings. The Labute approximate surface area is 183 Å². The minimum absolute atomic E-state index is 0.138. The maximum atomic E-state index is 13.6. The number of benzene rings is 2. The zero-order valence-electron chi connectivity index (χ0n) is 17.1. The van der Waals surface area contributed by atoms with Gasteiger partial charge in [-0.15, -0.1) is 0 Å². The zero-order valence-corrected chi connectivity index (χ0v) is 17.1. The van der Waals surface area contributed by atoms with Gasteiger partial charge in [0, 0.05) is 25.1 Å². The molecule has 3 amide bonds. The summed E-state index contributed by atoms with van der Waals surface area (Å²) in [6.45, 7) is 0.362. The van der Waals surface area contributed by atoms with Gasteiger partial charge in [0.2, 0.25) is 17.7 Å². The van der Waals surface area contributed by atoms with Crippen LogP contribution in [-0.2, 0) is 14.4 Å². The summed E-state index contributed by atoms with van der Waals surface area (Å²) in [6, 6.07) is 11.0. The van der Waals surface area contributed by atoms with Gasteiger partial charge in [0.25, 0.3) is 0 Å². The summed E-state index contributed by atoms with van der Waals surface area (Å²) in [6.07, 6.45) is 4.11. The van der Waals surface area contributed by atoms with E-state index in [0.29, 0.717) is 32.0 Å². The molecule has 0 radical (unpaired) electrons. The van der Waals surface area contributed by atoms with Gasteiger partial charge in [0.1, 0.15) is 0 Å². The number of rotatable bonds is 6. The van der Waals surface area contributed by atoms with E-state index >= 15 is 0 Å². The van der Waals surface area contributed by atoms with E-state index in [4.69, 9.17) is 0 Å². The third-order valence-electron chi connectivity index (χ3n) is 5.13. The van der Waals surface area contributed by atoms with Crippen molar-refractivity contribution in [1.29, 1.82) is 0 Å². The fourth-order valence-corrected chi connectivity index (χ4v) is 3.33. The van der Waals surface area contributed by atoms with Crippen LogP contribution in [0.4, 0.5) is 18.9 Å². The molecule has 3 rings (SSSR count). The number of halogens is 3. The predicted molar refractivity (Wildman–Crippen MR) is 113 cm³/mol. The van der Waals surface area contributed by atoms with Crippen molar-refractivity contribution < 1.29 is 27.6 Å². The average molecular weight is 445 g/mol. The Morgan fingerprint density at radius 2 is 1.66 bits per heavy atom. The molecule has 1 saturated heterocycles. The number of hydrogen-bond acceptors (Lipinski definition) is 3. The van der Waals surface area contributed by atoms with E-state index < -0.39 is 35.6 Å². The van der Waals surface area contributed by atoms with Gasteiger partial charge in [-0.25, -0.2) is 13.2 Å². The van der Waals surface area contributed by atoms with Crippen LogP contribution in [0.15, 0.2) is 48.5 Å². The molecule has 0 spiro atoms. The van der Waals surface area contributed by atoms with E-state index in [0.717, 1.165) is 11.6 Å². The molecule has 1 aliphatic rings. The highest BCUT2D eigenvalue weighted by Gasteiger charge is 2.27. The Kier molecular flexibility index (Phi) is 7.64. The molecule has 2 aromatic rings. The van der Waals surface area contributed by atoms with Crippen LogP contribution in [0.3, 0.4) is 0 Å². The number of carbonyl (C=O) groups is 3. The molecule has 0 unspecified atom stereocenters. The van der Waals surface area contributed by atoms with Crippen molar-refractivity contribution in [1.82, 2.24) is 10.2 Å². The smallest absolute Gasteiger partial charge is 0.246 e. The lowest BCUT2D eigenvalue weighted by Gasteiger charge is -2.30. The number of carbonyl (C=O) groups excluding carboxylic acids is 3. The number of nitrogens with one attached hydrogen (secondary N) is 2. The fourth-order valence-electron chi connectivity index (χ4n) is 3.33. The summed E-state index contributed by atoms with van der Waals surface area (Å²) < 4.78 is 39.8. The molecule has 168 valence electrons. The van der Waals surface area contributed by atoms with Crippen molar-refractivity contribution in [3.63, 3.8) is 0 Å². The number of nitrogens with zero attached hydrogens (tertiary/aromatic N) is 1. The van der Waals surface area contributed by atoms with Crippen LogP contribution >= 0.6 is 0 Å². The van der Waals surface area contributed by atoms with Crippen LogP contribution < -0.4 is 10.6 Å². The van der Waals surface area contributed by atoms with Crippen LogP contribution in [0, 0.1) is 23.4 Å². The minimum Gasteiger partial charge on any atom is -0.347 e. The quantitative estimate of drug-likeness (QED) is 0.530. The summed E-state index contributed by atoms with van der Waals surface area (Å²) in [7, 11) is 0. The average Bonchev–Trinajstić information content (AvgIpc) is 2.82. The highest BCUT2D eigenvalue weighted by molar-refractivity contribution is 5.95. The molecule has 0 saturated carbocycles. The summed E-state index contributed by atoms with van der Waals surface area (Å²) in [5, 5.41) is 4.54. The summed E-state index contributed by atoms with van der Waals surface area (Å²) in [4.78, 5) is 38.2. The number of piperidine rings is 1. The van der Waals surface area contributed by atoms with Gasteiger partial charge in [-0.2, -0.15) is 0 Å². The molecule has 9 heteroatoms. The predicted octanol–water partition coefficient (Wildman–Crippen LogP) is 3.11. The van der Waals surface area contributed by atoms with Gasteiger partial charge in [-0.1, -0.05) is 30.3 Å². The van der Waals surface area contributed by atoms with Gasteiger partial charge in [-0.3, -0.25) is 14.4 Å². The van der Waals surface area contributed by atoms with E-state index in [1.54, 1.807) is 11.0 Å². The number of likely N-dealkylation sites (tertiary alicyclic amines) is 1. The number of amides is 3. The van der Waals surface area contributed by atoms with Crippen molar-refractivity contribution in [3.8, 4) is 0 Å². The summed E-state index contributed by atoms with van der Waals surface area (Å²) in [5.41, 5.74) is 0.398. The molecule has 2 N–H and O–H groups in total. The monoisotopic (exact) mass is 445 g/mol. The molecule has 0 aliphatic carbocycles. The first-order valence-electron chi connectivity index (χ1n) is 10.1. The molecular formula is C23H22F3N3O3. The van der Waals surface area contributed by atoms with Gasteiger partial charge < -0.3 is 15.5 Å². The van der Waals surface area contributed by atoms with Gasteiger partial charge in [-0.05, 0) is 36.6 Å². The first kappa shape index (κ1) is 23.1. The van der Waals surface area contributed by atoms with E-state index in [9.17, 15) is 27.6 Å². The Bertz CT molecular complexity index is 1020. The molecule has 0 atom stereocenters. The Balaban J connectivity index is 1.42. The van der Waals surface area contributed by atoms with Crippen molar-refractivity contribution in [2.75, 3.05) is 25.0 Å². The first-order chi connectivity index (χ1) is 15.3. The van der Waals surface area contributed by atoms with Crippen LogP contribution in [0.1, 0.15) is 18.4 Å². The van der Waals surface area contributed by atoms with Crippen molar-refractivity contribution >= 4 is 29.5 Å². The SMILES string of the molecule is O=C(CNC(=O)C1CCN(C(=O)/C=C\c2ccccc2)CC1)Nc1ccc(F)c(F)c1F. The molecule has 2 aromatic carbocycles. The van der Waals surface area contributed by atoms with Crippen molar-refractivity contribution in [2.24, 2.45) is 5.92 Å². The molecule has 0 bridgehead atoms. The van der Waals surface area contributed by atoms with Gasteiger partial charge in [0.15, 0.2) is 17.5 Å². The van der Waals surface area contributed by atoms with Gasteiger partial charge in [0.05, 0.1) is 12.2 Å². The summed E-state index contributed by atoms with van der Waals surface area (Å²) in [5.74, 6) is -6.21. The normalized spacial score (nSPS) is 14.4. The highest BCUT2D eigenvalue weighted by Crippen LogP contribution is 2.20. The van der Waals surface area contributed by atoms with E-state index in [1.165, 1.54) is 6.08 Å². The third-order valence-corrected chi connectivity index (χ3v) is 5.13. The largest absolute Gasteiger partial charge is 0.347 e. The first-order valence-corrected chi connectivity index (χ1v) is 10.1. The Morgan fingerprint density at radius 1 is 0.969 bits per heavy atom. The maximum Gasteiger partial charge on any atom is 0.246 e. The molecule has 0 aromatic heterocycles. The lowest BCUT2D eigenvalue weighted by Crippen LogP contribution is -2.44. The summed E-state index contributed by atoms with van der Waals surface area (Å²) >= 11 is 0. The van der Waals surface area contributed by atoms with Crippen LogP contribution in [0.2, 0.25) is 0 Å². The zero-order chi connectivity index (χ0) is 23.1. The standard InChI is InChI=1S/C23H22F3N3O3/c24-17-7-8-18(22(26)21(17)25)28-19(30)14-27-23(32)16-10-12-29(13-11-16)20(31)9-6-15-4-2-1-3-5-15/h1-9,16H,10-14H2,(H,27,32)(H,28,30)/b9-6-. The second kappa shape index (κ2) is 10.6. The molecule has 32 heavy (non-hydrogen) atoms. The second-order valence-electron chi connectivity index (χ2n) is 7.33. The Morgan fingerprint density at radius 3 is 2.34 bits per heavy atom. The van der Waals surface area contributed by atoms with Crippen LogP contribution in [0.25, 0.3) is 6.08 Å². The van der Waals surface area contributed by atoms with Gasteiger partial charge >= 0.3 is 0 Å². The lowest BCUT2D eigenvalue weighted by atomic mass is 9.96. The highest BCUT2D eigenvalue weighted by atomic mass is 19.2. The van der Waals surface area contributed by atoms with E-state index in [-0.39, 0.29) is 17.7 Å². The number of anilines is 1. The molecule has 1 heterocycles. The maximum absolute atomic E-state index is 13.6. The van der Waals surface area contributed by atoms with E-state index in [1.807, 2.05) is 30.3 Å². The Hall–Kier alpha value is -3.62. The van der Waals surface area contributed by atoms with Crippen LogP contribution in [-0.4, -0.2) is 42.3 Å². The van der Waals surface area contributed by atoms with Crippen LogP contribution in [0.5, 0.6) is 0 Å².